The summed E-state index contributed by atoms with van der Waals surface area (Å²) in [7, 11) is 0. The summed E-state index contributed by atoms with van der Waals surface area (Å²) in [6, 6.07) is 8.70. The zero-order valence-corrected chi connectivity index (χ0v) is 13.0. The van der Waals surface area contributed by atoms with Gasteiger partial charge in [0.05, 0.1) is 6.04 Å². The van der Waals surface area contributed by atoms with E-state index >= 15 is 0 Å². The second kappa shape index (κ2) is 6.45. The number of hydrogen-bond acceptors (Lipinski definition) is 3. The molecule has 0 radical (unpaired) electrons. The van der Waals surface area contributed by atoms with E-state index in [1.54, 1.807) is 11.3 Å². The maximum Gasteiger partial charge on any atom is 0.109 e. The lowest BCUT2D eigenvalue weighted by molar-refractivity contribution is 0.572. The van der Waals surface area contributed by atoms with Crippen molar-refractivity contribution in [2.75, 3.05) is 0 Å². The zero-order valence-electron chi connectivity index (χ0n) is 10.6. The molecule has 1 atom stereocenters. The van der Waals surface area contributed by atoms with E-state index in [4.69, 9.17) is 0 Å². The molecule has 4 heteroatoms. The van der Waals surface area contributed by atoms with Crippen molar-refractivity contribution in [2.45, 2.75) is 32.9 Å². The number of hydrogen-bond donors (Lipinski definition) is 1. The van der Waals surface area contributed by atoms with E-state index in [1.165, 1.54) is 15.4 Å². The molecule has 0 bridgehead atoms. The maximum atomic E-state index is 4.46. The van der Waals surface area contributed by atoms with Crippen LogP contribution in [0.3, 0.4) is 0 Å². The lowest BCUT2D eigenvalue weighted by Gasteiger charge is -2.11. The van der Waals surface area contributed by atoms with Crippen LogP contribution in [0, 0.1) is 0 Å². The van der Waals surface area contributed by atoms with Gasteiger partial charge in [-0.2, -0.15) is 0 Å². The molecule has 96 valence electrons. The maximum absolute atomic E-state index is 4.46. The number of rotatable bonds is 5. The quantitative estimate of drug-likeness (QED) is 0.886. The molecule has 0 saturated carbocycles. The molecule has 2 rings (SSSR count). The monoisotopic (exact) mass is 324 g/mol. The molecule has 0 aliphatic rings. The Morgan fingerprint density at radius 1 is 1.33 bits per heavy atom. The van der Waals surface area contributed by atoms with E-state index in [-0.39, 0.29) is 0 Å². The van der Waals surface area contributed by atoms with E-state index in [2.05, 4.69) is 64.3 Å². The number of halogens is 1. The molecule has 18 heavy (non-hydrogen) atoms. The first-order valence-electron chi connectivity index (χ1n) is 6.11. The fourth-order valence-electron chi connectivity index (χ4n) is 1.65. The molecule has 2 aromatic rings. The summed E-state index contributed by atoms with van der Waals surface area (Å²) in [5.74, 6) is 0. The van der Waals surface area contributed by atoms with Crippen LogP contribution < -0.4 is 5.32 Å². The fraction of sp³-hybridized carbons (Fsp3) is 0.357. The van der Waals surface area contributed by atoms with Crippen LogP contribution in [0.4, 0.5) is 0 Å². The number of aromatic nitrogens is 1. The van der Waals surface area contributed by atoms with Gasteiger partial charge in [0.25, 0.3) is 0 Å². The standard InChI is InChI=1S/C14H17BrN2S/c1-3-13-9-17-14(18-13)10(2)16-8-11-4-6-12(15)7-5-11/h4-7,9-10,16H,3,8H2,1-2H3. The van der Waals surface area contributed by atoms with Gasteiger partial charge in [-0.05, 0) is 31.0 Å². The highest BCUT2D eigenvalue weighted by Crippen LogP contribution is 2.20. The van der Waals surface area contributed by atoms with E-state index in [9.17, 15) is 0 Å². The third-order valence-electron chi connectivity index (χ3n) is 2.82. The first kappa shape index (κ1) is 13.7. The molecule has 1 heterocycles. The van der Waals surface area contributed by atoms with Gasteiger partial charge >= 0.3 is 0 Å². The van der Waals surface area contributed by atoms with Gasteiger partial charge in [-0.15, -0.1) is 11.3 Å². The average molecular weight is 325 g/mol. The molecule has 0 saturated heterocycles. The van der Waals surface area contributed by atoms with Gasteiger partial charge in [-0.25, -0.2) is 4.98 Å². The predicted molar refractivity (Wildman–Crippen MR) is 80.9 cm³/mol. The SMILES string of the molecule is CCc1cnc(C(C)NCc2ccc(Br)cc2)s1. The van der Waals surface area contributed by atoms with Crippen molar-refractivity contribution in [1.82, 2.24) is 10.3 Å². The Bertz CT molecular complexity index is 493. The van der Waals surface area contributed by atoms with Gasteiger partial charge in [0, 0.05) is 22.1 Å². The predicted octanol–water partition coefficient (Wildman–Crippen LogP) is 4.32. The van der Waals surface area contributed by atoms with Crippen molar-refractivity contribution in [3.8, 4) is 0 Å². The van der Waals surface area contributed by atoms with E-state index < -0.39 is 0 Å². The summed E-state index contributed by atoms with van der Waals surface area (Å²) in [5.41, 5.74) is 1.29. The highest BCUT2D eigenvalue weighted by atomic mass is 79.9. The highest BCUT2D eigenvalue weighted by molar-refractivity contribution is 9.10. The smallest absolute Gasteiger partial charge is 0.109 e. The van der Waals surface area contributed by atoms with Crippen LogP contribution in [0.25, 0.3) is 0 Å². The van der Waals surface area contributed by atoms with Crippen molar-refractivity contribution in [3.63, 3.8) is 0 Å². The average Bonchev–Trinajstić information content (AvgIpc) is 2.86. The molecule has 0 aliphatic carbocycles. The first-order chi connectivity index (χ1) is 8.69. The minimum Gasteiger partial charge on any atom is -0.304 e. The highest BCUT2D eigenvalue weighted by Gasteiger charge is 2.09. The van der Waals surface area contributed by atoms with Crippen molar-refractivity contribution in [3.05, 3.63) is 50.4 Å². The zero-order chi connectivity index (χ0) is 13.0. The first-order valence-corrected chi connectivity index (χ1v) is 7.72. The van der Waals surface area contributed by atoms with Crippen LogP contribution in [-0.4, -0.2) is 4.98 Å². The summed E-state index contributed by atoms with van der Waals surface area (Å²) < 4.78 is 1.12. The van der Waals surface area contributed by atoms with E-state index in [0.717, 1.165) is 17.4 Å². The molecule has 2 nitrogen and oxygen atoms in total. The van der Waals surface area contributed by atoms with Gasteiger partial charge in [-0.1, -0.05) is 35.0 Å². The molecule has 0 amide bonds. The minimum absolute atomic E-state index is 0.305. The molecule has 0 aliphatic heterocycles. The Morgan fingerprint density at radius 2 is 2.06 bits per heavy atom. The lowest BCUT2D eigenvalue weighted by Crippen LogP contribution is -2.17. The molecule has 1 aromatic heterocycles. The third-order valence-corrected chi connectivity index (χ3v) is 4.67. The fourth-order valence-corrected chi connectivity index (χ4v) is 2.80. The molecule has 0 fully saturated rings. The molecular formula is C14H17BrN2S. The molecule has 1 aromatic carbocycles. The van der Waals surface area contributed by atoms with Crippen LogP contribution in [0.2, 0.25) is 0 Å². The largest absolute Gasteiger partial charge is 0.304 e. The molecule has 1 unspecified atom stereocenters. The lowest BCUT2D eigenvalue weighted by atomic mass is 10.2. The van der Waals surface area contributed by atoms with Crippen LogP contribution in [0.15, 0.2) is 34.9 Å². The molecular weight excluding hydrogens is 308 g/mol. The second-order valence-corrected chi connectivity index (χ2v) is 6.31. The van der Waals surface area contributed by atoms with E-state index in [0.29, 0.717) is 6.04 Å². The summed E-state index contributed by atoms with van der Waals surface area (Å²) >= 11 is 5.24. The van der Waals surface area contributed by atoms with Crippen LogP contribution in [0.5, 0.6) is 0 Å². The Balaban J connectivity index is 1.91. The van der Waals surface area contributed by atoms with Gasteiger partial charge < -0.3 is 5.32 Å². The number of nitrogens with zero attached hydrogens (tertiary/aromatic N) is 1. The van der Waals surface area contributed by atoms with Gasteiger partial charge in [-0.3, -0.25) is 0 Å². The van der Waals surface area contributed by atoms with Crippen molar-refractivity contribution >= 4 is 27.3 Å². The Hall–Kier alpha value is -0.710. The van der Waals surface area contributed by atoms with E-state index in [1.807, 2.05) is 6.20 Å². The molecule has 1 N–H and O–H groups in total. The number of thiazole rings is 1. The van der Waals surface area contributed by atoms with Crippen LogP contribution >= 0.6 is 27.3 Å². The topological polar surface area (TPSA) is 24.9 Å². The van der Waals surface area contributed by atoms with Crippen molar-refractivity contribution in [1.29, 1.82) is 0 Å². The second-order valence-electron chi connectivity index (χ2n) is 4.25. The minimum atomic E-state index is 0.305. The summed E-state index contributed by atoms with van der Waals surface area (Å²) in [6.45, 7) is 5.20. The Morgan fingerprint density at radius 3 is 2.67 bits per heavy atom. The summed E-state index contributed by atoms with van der Waals surface area (Å²) in [6.07, 6.45) is 3.05. The van der Waals surface area contributed by atoms with Crippen molar-refractivity contribution in [2.24, 2.45) is 0 Å². The number of aryl methyl sites for hydroxylation is 1. The number of nitrogens with one attached hydrogen (secondary N) is 1. The summed E-state index contributed by atoms with van der Waals surface area (Å²) in [4.78, 5) is 5.81. The summed E-state index contributed by atoms with van der Waals surface area (Å²) in [5, 5.41) is 4.68. The van der Waals surface area contributed by atoms with Gasteiger partial charge in [0.15, 0.2) is 0 Å². The van der Waals surface area contributed by atoms with Crippen LogP contribution in [-0.2, 0) is 13.0 Å². The third kappa shape index (κ3) is 3.64. The normalized spacial score (nSPS) is 12.6. The van der Waals surface area contributed by atoms with Gasteiger partial charge in [0.1, 0.15) is 5.01 Å². The van der Waals surface area contributed by atoms with Crippen LogP contribution in [0.1, 0.15) is 35.3 Å². The number of benzene rings is 1. The Kier molecular flexibility index (Phi) is 4.92. The van der Waals surface area contributed by atoms with Gasteiger partial charge in [0.2, 0.25) is 0 Å². The molecule has 0 spiro atoms. The van der Waals surface area contributed by atoms with Crippen molar-refractivity contribution < 1.29 is 0 Å². The Labute approximate surface area is 121 Å².